The lowest BCUT2D eigenvalue weighted by atomic mass is 10.2. The second-order valence-corrected chi connectivity index (χ2v) is 4.30. The molecule has 1 atom stereocenters. The number of alkyl halides is 1. The van der Waals surface area contributed by atoms with Gasteiger partial charge in [0, 0.05) is 18.8 Å². The van der Waals surface area contributed by atoms with Crippen LogP contribution in [0, 0.1) is 0 Å². The fourth-order valence-electron chi connectivity index (χ4n) is 1.71. The standard InChI is InChI=1S/C15H17FN2O/c16-14(7-8-15-17-9-4-10-18-15)12-19-11-13-5-2-1-3-6-13/h1-6,9-10,14H,7-8,11-12H2/t14-/m0/s1. The van der Waals surface area contributed by atoms with Gasteiger partial charge in [-0.05, 0) is 18.1 Å². The molecule has 0 saturated carbocycles. The van der Waals surface area contributed by atoms with Crippen LogP contribution in [-0.2, 0) is 17.8 Å². The van der Waals surface area contributed by atoms with Gasteiger partial charge < -0.3 is 4.74 Å². The SMILES string of the molecule is F[C@@H](CCc1ncccn1)COCc1ccccc1. The number of aryl methyl sites for hydroxylation is 1. The van der Waals surface area contributed by atoms with Crippen LogP contribution in [0.3, 0.4) is 0 Å². The number of aromatic nitrogens is 2. The molecule has 100 valence electrons. The topological polar surface area (TPSA) is 35.0 Å². The fraction of sp³-hybridized carbons (Fsp3) is 0.333. The minimum absolute atomic E-state index is 0.113. The maximum atomic E-state index is 13.6. The molecular formula is C15H17FN2O. The van der Waals surface area contributed by atoms with Crippen molar-refractivity contribution in [2.75, 3.05) is 6.61 Å². The predicted molar refractivity (Wildman–Crippen MR) is 71.3 cm³/mol. The van der Waals surface area contributed by atoms with E-state index in [9.17, 15) is 4.39 Å². The Morgan fingerprint density at radius 1 is 1.05 bits per heavy atom. The Bertz CT molecular complexity index is 464. The molecule has 0 N–H and O–H groups in total. The molecule has 1 aromatic carbocycles. The molecule has 0 radical (unpaired) electrons. The average Bonchev–Trinajstić information content (AvgIpc) is 2.47. The van der Waals surface area contributed by atoms with Crippen molar-refractivity contribution in [2.45, 2.75) is 25.6 Å². The predicted octanol–water partition coefficient (Wildman–Crippen LogP) is 2.96. The highest BCUT2D eigenvalue weighted by Gasteiger charge is 2.08. The summed E-state index contributed by atoms with van der Waals surface area (Å²) in [6.45, 7) is 0.560. The number of benzene rings is 1. The van der Waals surface area contributed by atoms with E-state index in [0.29, 0.717) is 25.3 Å². The molecule has 2 aromatic rings. The van der Waals surface area contributed by atoms with E-state index < -0.39 is 6.17 Å². The van der Waals surface area contributed by atoms with Crippen molar-refractivity contribution in [3.63, 3.8) is 0 Å². The second kappa shape index (κ2) is 7.59. The molecule has 0 amide bonds. The molecule has 0 unspecified atom stereocenters. The molecule has 0 aliphatic rings. The Labute approximate surface area is 112 Å². The van der Waals surface area contributed by atoms with Crippen molar-refractivity contribution in [3.05, 3.63) is 60.2 Å². The van der Waals surface area contributed by atoms with Gasteiger partial charge in [-0.2, -0.15) is 0 Å². The molecule has 2 rings (SSSR count). The van der Waals surface area contributed by atoms with Crippen LogP contribution in [0.25, 0.3) is 0 Å². The van der Waals surface area contributed by atoms with E-state index in [2.05, 4.69) is 9.97 Å². The van der Waals surface area contributed by atoms with Crippen molar-refractivity contribution in [3.8, 4) is 0 Å². The monoisotopic (exact) mass is 260 g/mol. The highest BCUT2D eigenvalue weighted by Crippen LogP contribution is 2.06. The Morgan fingerprint density at radius 3 is 2.53 bits per heavy atom. The molecule has 0 fully saturated rings. The van der Waals surface area contributed by atoms with Gasteiger partial charge in [0.25, 0.3) is 0 Å². The van der Waals surface area contributed by atoms with Crippen molar-refractivity contribution in [1.29, 1.82) is 0 Å². The molecule has 1 aromatic heterocycles. The maximum absolute atomic E-state index is 13.6. The van der Waals surface area contributed by atoms with Crippen LogP contribution in [0.5, 0.6) is 0 Å². The summed E-state index contributed by atoms with van der Waals surface area (Å²) in [7, 11) is 0. The van der Waals surface area contributed by atoms with Gasteiger partial charge in [0.1, 0.15) is 12.0 Å². The molecule has 0 saturated heterocycles. The lowest BCUT2D eigenvalue weighted by molar-refractivity contribution is 0.0664. The molecule has 0 spiro atoms. The third-order valence-corrected chi connectivity index (χ3v) is 2.71. The highest BCUT2D eigenvalue weighted by molar-refractivity contribution is 5.13. The van der Waals surface area contributed by atoms with Gasteiger partial charge in [0.2, 0.25) is 0 Å². The minimum Gasteiger partial charge on any atom is -0.374 e. The zero-order valence-electron chi connectivity index (χ0n) is 10.7. The first kappa shape index (κ1) is 13.6. The van der Waals surface area contributed by atoms with Gasteiger partial charge in [0.15, 0.2) is 0 Å². The fourth-order valence-corrected chi connectivity index (χ4v) is 1.71. The van der Waals surface area contributed by atoms with Gasteiger partial charge in [-0.3, -0.25) is 0 Å². The van der Waals surface area contributed by atoms with Crippen molar-refractivity contribution in [2.24, 2.45) is 0 Å². The van der Waals surface area contributed by atoms with Gasteiger partial charge in [-0.1, -0.05) is 30.3 Å². The lowest BCUT2D eigenvalue weighted by Crippen LogP contribution is -2.12. The molecule has 0 aliphatic carbocycles. The van der Waals surface area contributed by atoms with E-state index in [1.54, 1.807) is 18.5 Å². The summed E-state index contributed by atoms with van der Waals surface area (Å²) < 4.78 is 19.0. The van der Waals surface area contributed by atoms with Crippen LogP contribution < -0.4 is 0 Å². The average molecular weight is 260 g/mol. The molecule has 3 nitrogen and oxygen atoms in total. The van der Waals surface area contributed by atoms with Crippen LogP contribution in [0.4, 0.5) is 4.39 Å². The number of ether oxygens (including phenoxy) is 1. The van der Waals surface area contributed by atoms with Gasteiger partial charge in [-0.15, -0.1) is 0 Å². The molecule has 19 heavy (non-hydrogen) atoms. The zero-order valence-corrected chi connectivity index (χ0v) is 10.7. The van der Waals surface area contributed by atoms with E-state index in [4.69, 9.17) is 4.74 Å². The zero-order chi connectivity index (χ0) is 13.3. The summed E-state index contributed by atoms with van der Waals surface area (Å²) in [5.74, 6) is 0.674. The highest BCUT2D eigenvalue weighted by atomic mass is 19.1. The van der Waals surface area contributed by atoms with Crippen molar-refractivity contribution >= 4 is 0 Å². The molecule has 0 bridgehead atoms. The van der Waals surface area contributed by atoms with E-state index in [0.717, 1.165) is 5.56 Å². The third-order valence-electron chi connectivity index (χ3n) is 2.71. The van der Waals surface area contributed by atoms with Crippen LogP contribution in [-0.4, -0.2) is 22.7 Å². The number of halogens is 1. The number of nitrogens with zero attached hydrogens (tertiary/aromatic N) is 2. The summed E-state index contributed by atoms with van der Waals surface area (Å²) in [6, 6.07) is 11.5. The quantitative estimate of drug-likeness (QED) is 0.767. The Hall–Kier alpha value is -1.81. The number of hydrogen-bond acceptors (Lipinski definition) is 3. The van der Waals surface area contributed by atoms with Crippen LogP contribution >= 0.6 is 0 Å². The van der Waals surface area contributed by atoms with E-state index >= 15 is 0 Å². The summed E-state index contributed by atoms with van der Waals surface area (Å²) in [5.41, 5.74) is 1.06. The third kappa shape index (κ3) is 5.14. The smallest absolute Gasteiger partial charge is 0.128 e. The number of rotatable bonds is 7. The Morgan fingerprint density at radius 2 is 1.79 bits per heavy atom. The van der Waals surface area contributed by atoms with Gasteiger partial charge in [-0.25, -0.2) is 14.4 Å². The summed E-state index contributed by atoms with van der Waals surface area (Å²) in [4.78, 5) is 8.12. The number of hydrogen-bond donors (Lipinski definition) is 0. The first-order valence-corrected chi connectivity index (χ1v) is 6.36. The van der Waals surface area contributed by atoms with E-state index in [1.807, 2.05) is 30.3 Å². The normalized spacial score (nSPS) is 12.3. The minimum atomic E-state index is -0.979. The molecule has 1 heterocycles. The Kier molecular flexibility index (Phi) is 5.44. The largest absolute Gasteiger partial charge is 0.374 e. The van der Waals surface area contributed by atoms with E-state index in [-0.39, 0.29) is 6.61 Å². The summed E-state index contributed by atoms with van der Waals surface area (Å²) >= 11 is 0. The Balaban J connectivity index is 1.64. The van der Waals surface area contributed by atoms with Crippen LogP contribution in [0.15, 0.2) is 48.8 Å². The molecule has 4 heteroatoms. The summed E-state index contributed by atoms with van der Waals surface area (Å²) in [6.07, 6.45) is 3.28. The molecule has 0 aliphatic heterocycles. The van der Waals surface area contributed by atoms with E-state index in [1.165, 1.54) is 0 Å². The molecular weight excluding hydrogens is 243 g/mol. The summed E-state index contributed by atoms with van der Waals surface area (Å²) in [5, 5.41) is 0. The first-order valence-electron chi connectivity index (χ1n) is 6.36. The van der Waals surface area contributed by atoms with Crippen LogP contribution in [0.2, 0.25) is 0 Å². The lowest BCUT2D eigenvalue weighted by Gasteiger charge is -2.08. The maximum Gasteiger partial charge on any atom is 0.128 e. The second-order valence-electron chi connectivity index (χ2n) is 4.30. The van der Waals surface area contributed by atoms with Crippen molar-refractivity contribution < 1.29 is 9.13 Å². The van der Waals surface area contributed by atoms with Gasteiger partial charge >= 0.3 is 0 Å². The van der Waals surface area contributed by atoms with Gasteiger partial charge in [0.05, 0.1) is 13.2 Å². The first-order chi connectivity index (χ1) is 9.34. The van der Waals surface area contributed by atoms with Crippen LogP contribution in [0.1, 0.15) is 17.8 Å². The van der Waals surface area contributed by atoms with Crippen molar-refractivity contribution in [1.82, 2.24) is 9.97 Å².